The topological polar surface area (TPSA) is 99.9 Å². The Morgan fingerprint density at radius 3 is 2.50 bits per heavy atom. The van der Waals surface area contributed by atoms with Gasteiger partial charge in [0.05, 0.1) is 13.2 Å². The molecule has 0 spiro atoms. The van der Waals surface area contributed by atoms with Crippen molar-refractivity contribution in [3.05, 3.63) is 11.6 Å². The van der Waals surface area contributed by atoms with Crippen LogP contribution in [0.3, 0.4) is 0 Å². The summed E-state index contributed by atoms with van der Waals surface area (Å²) in [6, 6.07) is 0. The van der Waals surface area contributed by atoms with E-state index in [1.165, 1.54) is 0 Å². The van der Waals surface area contributed by atoms with Crippen molar-refractivity contribution in [1.82, 2.24) is 35.2 Å². The van der Waals surface area contributed by atoms with Gasteiger partial charge in [-0.15, -0.1) is 34.2 Å². The van der Waals surface area contributed by atoms with Gasteiger partial charge in [-0.25, -0.2) is 4.99 Å². The first kappa shape index (κ1) is 26.6. The molecule has 0 radical (unpaired) electrons. The number of unbranched alkanes of at least 4 members (excludes halogenated alkanes) is 1. The number of carbonyl (C=O) groups is 1. The number of hydrogen-bond donors (Lipinski definition) is 2. The highest BCUT2D eigenvalue weighted by atomic mass is 127. The summed E-state index contributed by atoms with van der Waals surface area (Å²) in [5.74, 6) is 2.68. The Labute approximate surface area is 196 Å². The molecule has 1 aromatic heterocycles. The van der Waals surface area contributed by atoms with Gasteiger partial charge in [-0.1, -0.05) is 13.3 Å². The lowest BCUT2D eigenvalue weighted by Crippen LogP contribution is -2.54. The normalized spacial score (nSPS) is 15.1. The number of ether oxygens (including phenoxy) is 1. The van der Waals surface area contributed by atoms with Crippen molar-refractivity contribution in [2.24, 2.45) is 12.0 Å². The Balaban J connectivity index is 0.00000450. The van der Waals surface area contributed by atoms with E-state index in [0.29, 0.717) is 26.2 Å². The number of aromatic nitrogens is 3. The molecule has 1 aliphatic heterocycles. The summed E-state index contributed by atoms with van der Waals surface area (Å²) in [7, 11) is 3.59. The molecule has 0 bridgehead atoms. The third-order valence-corrected chi connectivity index (χ3v) is 5.03. The summed E-state index contributed by atoms with van der Waals surface area (Å²) in [6.07, 6.45) is 2.23. The van der Waals surface area contributed by atoms with Gasteiger partial charge >= 0.3 is 0 Å². The molecule has 0 atom stereocenters. The average molecular weight is 536 g/mol. The van der Waals surface area contributed by atoms with Crippen molar-refractivity contribution in [3.8, 4) is 0 Å². The third kappa shape index (κ3) is 8.72. The number of rotatable bonds is 10. The van der Waals surface area contributed by atoms with E-state index in [1.807, 2.05) is 18.5 Å². The highest BCUT2D eigenvalue weighted by Gasteiger charge is 2.21. The van der Waals surface area contributed by atoms with Gasteiger partial charge in [0, 0.05) is 53.4 Å². The van der Waals surface area contributed by atoms with Crippen molar-refractivity contribution in [2.75, 3.05) is 59.5 Å². The van der Waals surface area contributed by atoms with Crippen molar-refractivity contribution in [2.45, 2.75) is 33.2 Å². The highest BCUT2D eigenvalue weighted by Crippen LogP contribution is 2.05. The van der Waals surface area contributed by atoms with Gasteiger partial charge in [-0.2, -0.15) is 0 Å². The first-order valence-electron chi connectivity index (χ1n) is 10.4. The van der Waals surface area contributed by atoms with Crippen molar-refractivity contribution in [3.63, 3.8) is 0 Å². The zero-order valence-corrected chi connectivity index (χ0v) is 21.0. The van der Waals surface area contributed by atoms with E-state index in [0.717, 1.165) is 63.2 Å². The molecule has 1 fully saturated rings. The Kier molecular flexibility index (Phi) is 12.9. The fourth-order valence-corrected chi connectivity index (χ4v) is 3.05. The van der Waals surface area contributed by atoms with E-state index < -0.39 is 0 Å². The van der Waals surface area contributed by atoms with Gasteiger partial charge in [-0.3, -0.25) is 9.69 Å². The molecule has 10 nitrogen and oxygen atoms in total. The maximum absolute atomic E-state index is 12.0. The third-order valence-electron chi connectivity index (χ3n) is 5.03. The summed E-state index contributed by atoms with van der Waals surface area (Å²) in [5.41, 5.74) is 0. The Bertz CT molecular complexity index is 659. The number of guanidine groups is 1. The summed E-state index contributed by atoms with van der Waals surface area (Å²) in [6.45, 7) is 10.3. The molecule has 1 amide bonds. The number of piperazine rings is 1. The second kappa shape index (κ2) is 14.5. The number of nitrogens with one attached hydrogen (secondary N) is 2. The first-order chi connectivity index (χ1) is 14.0. The van der Waals surface area contributed by atoms with E-state index >= 15 is 0 Å². The van der Waals surface area contributed by atoms with Crippen LogP contribution in [0.4, 0.5) is 0 Å². The predicted molar refractivity (Wildman–Crippen MR) is 128 cm³/mol. The quantitative estimate of drug-likeness (QED) is 0.193. The van der Waals surface area contributed by atoms with E-state index in [1.54, 1.807) is 7.11 Å². The van der Waals surface area contributed by atoms with Gasteiger partial charge in [-0.05, 0) is 13.3 Å². The molecule has 0 aromatic carbocycles. The van der Waals surface area contributed by atoms with Crippen LogP contribution >= 0.6 is 24.0 Å². The minimum atomic E-state index is 0. The molecule has 2 N–H and O–H groups in total. The number of halogens is 1. The Hall–Kier alpha value is -1.47. The molecule has 2 heterocycles. The second-order valence-corrected chi connectivity index (χ2v) is 7.25. The van der Waals surface area contributed by atoms with E-state index in [2.05, 4.69) is 37.6 Å². The van der Waals surface area contributed by atoms with Crippen LogP contribution in [0.25, 0.3) is 0 Å². The molecule has 30 heavy (non-hydrogen) atoms. The SMILES string of the molecule is CCCCNC(=NCc1nnc(C)n1C)N1CCN(CC(=O)NCCOC)CC1.I. The lowest BCUT2D eigenvalue weighted by molar-refractivity contribution is -0.122. The predicted octanol–water partition coefficient (Wildman–Crippen LogP) is 0.367. The lowest BCUT2D eigenvalue weighted by Gasteiger charge is -2.36. The summed E-state index contributed by atoms with van der Waals surface area (Å²) in [5, 5.41) is 14.7. The van der Waals surface area contributed by atoms with Crippen LogP contribution in [-0.2, 0) is 23.1 Å². The number of aliphatic imine (C=N–C) groups is 1. The summed E-state index contributed by atoms with van der Waals surface area (Å²) >= 11 is 0. The number of aryl methyl sites for hydroxylation is 1. The first-order valence-corrected chi connectivity index (χ1v) is 10.4. The fourth-order valence-electron chi connectivity index (χ4n) is 3.05. The summed E-state index contributed by atoms with van der Waals surface area (Å²) in [4.78, 5) is 21.2. The molecular formula is C19H37IN8O2. The molecular weight excluding hydrogens is 499 g/mol. The maximum Gasteiger partial charge on any atom is 0.234 e. The fraction of sp³-hybridized carbons (Fsp3) is 0.789. The number of amides is 1. The second-order valence-electron chi connectivity index (χ2n) is 7.25. The minimum absolute atomic E-state index is 0. The molecule has 2 rings (SSSR count). The van der Waals surface area contributed by atoms with E-state index in [9.17, 15) is 4.79 Å². The molecule has 1 aromatic rings. The Morgan fingerprint density at radius 2 is 1.90 bits per heavy atom. The van der Waals surface area contributed by atoms with Crippen LogP contribution in [-0.4, -0.2) is 96.0 Å². The molecule has 1 saturated heterocycles. The van der Waals surface area contributed by atoms with Gasteiger partial charge in [0.25, 0.3) is 0 Å². The van der Waals surface area contributed by atoms with Gasteiger partial charge < -0.3 is 24.8 Å². The molecule has 172 valence electrons. The maximum atomic E-state index is 12.0. The number of carbonyl (C=O) groups excluding carboxylic acids is 1. The van der Waals surface area contributed by atoms with Crippen LogP contribution in [0.1, 0.15) is 31.4 Å². The van der Waals surface area contributed by atoms with Crippen LogP contribution < -0.4 is 10.6 Å². The van der Waals surface area contributed by atoms with Gasteiger partial charge in [0.2, 0.25) is 5.91 Å². The van der Waals surface area contributed by atoms with Gasteiger partial charge in [0.15, 0.2) is 11.8 Å². The smallest absolute Gasteiger partial charge is 0.234 e. The van der Waals surface area contributed by atoms with E-state index in [-0.39, 0.29) is 29.9 Å². The standard InChI is InChI=1S/C19H36N8O2.HI/c1-5-6-7-21-19(22-14-17-24-23-16(2)25(17)3)27-11-9-26(10-12-27)15-18(28)20-8-13-29-4;/h5-15H2,1-4H3,(H,20,28)(H,21,22);1H. The molecule has 11 heteroatoms. The number of methoxy groups -OCH3 is 1. The zero-order valence-electron chi connectivity index (χ0n) is 18.7. The largest absolute Gasteiger partial charge is 0.383 e. The molecule has 1 aliphatic rings. The van der Waals surface area contributed by atoms with E-state index in [4.69, 9.17) is 9.73 Å². The van der Waals surface area contributed by atoms with Crippen LogP contribution in [0.2, 0.25) is 0 Å². The van der Waals surface area contributed by atoms with Crippen molar-refractivity contribution < 1.29 is 9.53 Å². The Morgan fingerprint density at radius 1 is 1.17 bits per heavy atom. The van der Waals surface area contributed by atoms with Crippen molar-refractivity contribution >= 4 is 35.8 Å². The molecule has 0 saturated carbocycles. The van der Waals surface area contributed by atoms with Crippen LogP contribution in [0.5, 0.6) is 0 Å². The number of nitrogens with zero attached hydrogens (tertiary/aromatic N) is 6. The monoisotopic (exact) mass is 536 g/mol. The minimum Gasteiger partial charge on any atom is -0.383 e. The molecule has 0 unspecified atom stereocenters. The molecule has 0 aliphatic carbocycles. The lowest BCUT2D eigenvalue weighted by atomic mass is 10.3. The average Bonchev–Trinajstić information content (AvgIpc) is 3.03. The van der Waals surface area contributed by atoms with Crippen LogP contribution in [0.15, 0.2) is 4.99 Å². The van der Waals surface area contributed by atoms with Crippen LogP contribution in [0, 0.1) is 6.92 Å². The zero-order chi connectivity index (χ0) is 21.1. The highest BCUT2D eigenvalue weighted by molar-refractivity contribution is 14.0. The summed E-state index contributed by atoms with van der Waals surface area (Å²) < 4.78 is 6.93. The van der Waals surface area contributed by atoms with Gasteiger partial charge in [0.1, 0.15) is 12.4 Å². The van der Waals surface area contributed by atoms with Crippen molar-refractivity contribution in [1.29, 1.82) is 0 Å². The number of hydrogen-bond acceptors (Lipinski definition) is 6.